The molecule has 0 aromatic heterocycles. The van der Waals surface area contributed by atoms with Crippen molar-refractivity contribution in [2.24, 2.45) is 5.73 Å². The molecular weight excluding hydrogens is 220 g/mol. The fourth-order valence-corrected chi connectivity index (χ4v) is 2.49. The van der Waals surface area contributed by atoms with Crippen molar-refractivity contribution in [3.05, 3.63) is 0 Å². The lowest BCUT2D eigenvalue weighted by molar-refractivity contribution is -0.137. The van der Waals surface area contributed by atoms with Gasteiger partial charge in [0.25, 0.3) is 0 Å². The van der Waals surface area contributed by atoms with Crippen LogP contribution >= 0.6 is 0 Å². The Kier molecular flexibility index (Phi) is 4.76. The minimum atomic E-state index is 0.0327. The molecule has 0 aliphatic carbocycles. The largest absolute Gasteiger partial charge is 0.381 e. The normalized spacial score (nSPS) is 27.1. The number of rotatable bonds is 3. The molecule has 0 aromatic rings. The smallest absolute Gasteiger partial charge is 0.236 e. The van der Waals surface area contributed by atoms with Gasteiger partial charge in [0.05, 0.1) is 18.8 Å². The van der Waals surface area contributed by atoms with Crippen molar-refractivity contribution < 1.29 is 14.3 Å². The molecule has 2 aliphatic rings. The number of carbonyl (C=O) groups is 1. The van der Waals surface area contributed by atoms with Crippen LogP contribution in [0.25, 0.3) is 0 Å². The first-order valence-electron chi connectivity index (χ1n) is 6.50. The summed E-state index contributed by atoms with van der Waals surface area (Å²) in [7, 11) is 0. The predicted octanol–water partition coefficient (Wildman–Crippen LogP) is 0.132. The molecule has 98 valence electrons. The lowest BCUT2D eigenvalue weighted by Gasteiger charge is -2.35. The summed E-state index contributed by atoms with van der Waals surface area (Å²) in [4.78, 5) is 13.4. The lowest BCUT2D eigenvalue weighted by Crippen LogP contribution is -2.46. The summed E-state index contributed by atoms with van der Waals surface area (Å²) < 4.78 is 11.3. The minimum Gasteiger partial charge on any atom is -0.381 e. The number of carbonyl (C=O) groups excluding carboxylic acids is 1. The van der Waals surface area contributed by atoms with Crippen molar-refractivity contribution >= 4 is 5.91 Å². The maximum atomic E-state index is 11.5. The van der Waals surface area contributed by atoms with Gasteiger partial charge in [-0.2, -0.15) is 0 Å². The van der Waals surface area contributed by atoms with Gasteiger partial charge in [0.15, 0.2) is 0 Å². The number of hydrogen-bond acceptors (Lipinski definition) is 4. The summed E-state index contributed by atoms with van der Waals surface area (Å²) in [6.45, 7) is 3.21. The van der Waals surface area contributed by atoms with Crippen LogP contribution in [0, 0.1) is 0 Å². The maximum absolute atomic E-state index is 11.5. The molecular formula is C12H22N2O3. The Morgan fingerprint density at radius 2 is 2.06 bits per heavy atom. The molecule has 2 saturated heterocycles. The molecule has 1 atom stereocenters. The third kappa shape index (κ3) is 3.66. The SMILES string of the molecule is NCC(=O)N1CCCC(OC2CCOCC2)C1. The van der Waals surface area contributed by atoms with E-state index in [-0.39, 0.29) is 18.6 Å². The standard InChI is InChI=1S/C12H22N2O3/c13-8-12(15)14-5-1-2-11(9-14)17-10-3-6-16-7-4-10/h10-11H,1-9,13H2. The van der Waals surface area contributed by atoms with Crippen molar-refractivity contribution in [1.29, 1.82) is 0 Å². The number of ether oxygens (including phenoxy) is 2. The summed E-state index contributed by atoms with van der Waals surface area (Å²) in [5.74, 6) is 0.0327. The van der Waals surface area contributed by atoms with Crippen LogP contribution in [-0.4, -0.2) is 55.9 Å². The average Bonchev–Trinajstić information content (AvgIpc) is 2.39. The van der Waals surface area contributed by atoms with Crippen LogP contribution in [0.1, 0.15) is 25.7 Å². The van der Waals surface area contributed by atoms with Gasteiger partial charge in [0, 0.05) is 26.3 Å². The highest BCUT2D eigenvalue weighted by atomic mass is 16.5. The molecule has 2 rings (SSSR count). The quantitative estimate of drug-likeness (QED) is 0.764. The molecule has 2 fully saturated rings. The maximum Gasteiger partial charge on any atom is 0.236 e. The Morgan fingerprint density at radius 3 is 2.76 bits per heavy atom. The minimum absolute atomic E-state index is 0.0327. The van der Waals surface area contributed by atoms with Gasteiger partial charge in [-0.1, -0.05) is 0 Å². The van der Waals surface area contributed by atoms with Crippen molar-refractivity contribution in [2.45, 2.75) is 37.9 Å². The van der Waals surface area contributed by atoms with Crippen LogP contribution in [0.3, 0.4) is 0 Å². The van der Waals surface area contributed by atoms with Gasteiger partial charge in [-0.15, -0.1) is 0 Å². The van der Waals surface area contributed by atoms with E-state index in [1.54, 1.807) is 0 Å². The van der Waals surface area contributed by atoms with Crippen LogP contribution in [0.4, 0.5) is 0 Å². The molecule has 0 aromatic carbocycles. The summed E-state index contributed by atoms with van der Waals surface area (Å²) in [6, 6.07) is 0. The third-order valence-electron chi connectivity index (χ3n) is 3.46. The van der Waals surface area contributed by atoms with Gasteiger partial charge >= 0.3 is 0 Å². The second kappa shape index (κ2) is 6.33. The van der Waals surface area contributed by atoms with Gasteiger partial charge in [0.2, 0.25) is 5.91 Å². The first kappa shape index (κ1) is 12.8. The molecule has 0 spiro atoms. The Balaban J connectivity index is 1.78. The molecule has 5 nitrogen and oxygen atoms in total. The van der Waals surface area contributed by atoms with Crippen LogP contribution < -0.4 is 5.73 Å². The van der Waals surface area contributed by atoms with E-state index < -0.39 is 0 Å². The predicted molar refractivity (Wildman–Crippen MR) is 63.6 cm³/mol. The highest BCUT2D eigenvalue weighted by Crippen LogP contribution is 2.19. The second-order valence-electron chi connectivity index (χ2n) is 4.76. The fraction of sp³-hybridized carbons (Fsp3) is 0.917. The number of likely N-dealkylation sites (tertiary alicyclic amines) is 1. The van der Waals surface area contributed by atoms with E-state index >= 15 is 0 Å². The van der Waals surface area contributed by atoms with Crippen LogP contribution in [0.2, 0.25) is 0 Å². The first-order chi connectivity index (χ1) is 8.29. The second-order valence-corrected chi connectivity index (χ2v) is 4.76. The average molecular weight is 242 g/mol. The molecule has 0 radical (unpaired) electrons. The monoisotopic (exact) mass is 242 g/mol. The van der Waals surface area contributed by atoms with E-state index in [1.165, 1.54) is 0 Å². The van der Waals surface area contributed by atoms with E-state index in [4.69, 9.17) is 15.2 Å². The molecule has 0 saturated carbocycles. The molecule has 0 bridgehead atoms. The molecule has 1 amide bonds. The van der Waals surface area contributed by atoms with E-state index in [0.717, 1.165) is 45.4 Å². The van der Waals surface area contributed by atoms with Crippen molar-refractivity contribution in [3.63, 3.8) is 0 Å². The third-order valence-corrected chi connectivity index (χ3v) is 3.46. The van der Waals surface area contributed by atoms with Crippen LogP contribution in [-0.2, 0) is 14.3 Å². The summed E-state index contributed by atoms with van der Waals surface area (Å²) in [5.41, 5.74) is 5.38. The summed E-state index contributed by atoms with van der Waals surface area (Å²) >= 11 is 0. The number of amides is 1. The van der Waals surface area contributed by atoms with Gasteiger partial charge in [-0.25, -0.2) is 0 Å². The number of nitrogens with zero attached hydrogens (tertiary/aromatic N) is 1. The Labute approximate surface area is 102 Å². The van der Waals surface area contributed by atoms with Gasteiger partial charge in [-0.3, -0.25) is 4.79 Å². The molecule has 17 heavy (non-hydrogen) atoms. The summed E-state index contributed by atoms with van der Waals surface area (Å²) in [6.07, 6.45) is 4.50. The zero-order valence-corrected chi connectivity index (χ0v) is 10.3. The number of piperidine rings is 1. The van der Waals surface area contributed by atoms with Gasteiger partial charge < -0.3 is 20.1 Å². The fourth-order valence-electron chi connectivity index (χ4n) is 2.49. The zero-order chi connectivity index (χ0) is 12.1. The molecule has 1 unspecified atom stereocenters. The van der Waals surface area contributed by atoms with E-state index in [2.05, 4.69) is 0 Å². The van der Waals surface area contributed by atoms with Gasteiger partial charge in [-0.05, 0) is 25.7 Å². The van der Waals surface area contributed by atoms with Gasteiger partial charge in [0.1, 0.15) is 0 Å². The van der Waals surface area contributed by atoms with Crippen molar-refractivity contribution in [3.8, 4) is 0 Å². The zero-order valence-electron chi connectivity index (χ0n) is 10.3. The van der Waals surface area contributed by atoms with Crippen molar-refractivity contribution in [2.75, 3.05) is 32.8 Å². The Morgan fingerprint density at radius 1 is 1.29 bits per heavy atom. The Bertz CT molecular complexity index is 254. The highest BCUT2D eigenvalue weighted by Gasteiger charge is 2.26. The number of hydrogen-bond donors (Lipinski definition) is 1. The molecule has 2 aliphatic heterocycles. The highest BCUT2D eigenvalue weighted by molar-refractivity contribution is 5.78. The van der Waals surface area contributed by atoms with E-state index in [9.17, 15) is 4.79 Å². The molecule has 5 heteroatoms. The lowest BCUT2D eigenvalue weighted by atomic mass is 10.1. The summed E-state index contributed by atoms with van der Waals surface area (Å²) in [5, 5.41) is 0. The van der Waals surface area contributed by atoms with Crippen LogP contribution in [0.5, 0.6) is 0 Å². The molecule has 2 heterocycles. The first-order valence-corrected chi connectivity index (χ1v) is 6.50. The number of nitrogens with two attached hydrogens (primary N) is 1. The topological polar surface area (TPSA) is 64.8 Å². The van der Waals surface area contributed by atoms with E-state index in [1.807, 2.05) is 4.90 Å². The van der Waals surface area contributed by atoms with E-state index in [0.29, 0.717) is 12.6 Å². The van der Waals surface area contributed by atoms with Crippen molar-refractivity contribution in [1.82, 2.24) is 4.90 Å². The Hall–Kier alpha value is -0.650. The van der Waals surface area contributed by atoms with Crippen LogP contribution in [0.15, 0.2) is 0 Å². The molecule has 2 N–H and O–H groups in total.